The quantitative estimate of drug-likeness (QED) is 0.661. The predicted octanol–water partition coefficient (Wildman–Crippen LogP) is 1.48. The third-order valence-corrected chi connectivity index (χ3v) is 4.48. The van der Waals surface area contributed by atoms with Gasteiger partial charge in [0.25, 0.3) is 5.91 Å². The molecule has 0 spiro atoms. The molecule has 0 radical (unpaired) electrons. The average Bonchev–Trinajstić information content (AvgIpc) is 2.66. The molecule has 1 aromatic rings. The van der Waals surface area contributed by atoms with E-state index in [1.165, 1.54) is 0 Å². The molecule has 1 unspecified atom stereocenters. The summed E-state index contributed by atoms with van der Waals surface area (Å²) in [6, 6.07) is 6.85. The second-order valence-corrected chi connectivity index (χ2v) is 6.43. The molecule has 1 heterocycles. The highest BCUT2D eigenvalue weighted by Gasteiger charge is 2.18. The van der Waals surface area contributed by atoms with Crippen molar-refractivity contribution in [2.75, 3.05) is 39.4 Å². The summed E-state index contributed by atoms with van der Waals surface area (Å²) < 4.78 is 5.44. The summed E-state index contributed by atoms with van der Waals surface area (Å²) in [5.41, 5.74) is 0.655. The molecule has 1 aliphatic rings. The van der Waals surface area contributed by atoms with Crippen molar-refractivity contribution in [3.8, 4) is 5.75 Å². The number of carbonyl (C=O) groups excluding carboxylic acids is 2. The van der Waals surface area contributed by atoms with Crippen LogP contribution in [0.25, 0.3) is 0 Å². The van der Waals surface area contributed by atoms with Crippen molar-refractivity contribution in [1.82, 2.24) is 10.2 Å². The minimum absolute atomic E-state index is 0.0413. The fourth-order valence-electron chi connectivity index (χ4n) is 3.00. The number of aliphatic hydroxyl groups excluding tert-OH is 1. The normalized spacial score (nSPS) is 17.9. The second-order valence-electron chi connectivity index (χ2n) is 6.43. The first-order valence-electron chi connectivity index (χ1n) is 8.98. The number of nitrogens with zero attached hydrogens (tertiary/aromatic N) is 1. The van der Waals surface area contributed by atoms with E-state index in [0.29, 0.717) is 30.2 Å². The summed E-state index contributed by atoms with van der Waals surface area (Å²) in [4.78, 5) is 25.7. The zero-order valence-electron chi connectivity index (χ0n) is 14.9. The van der Waals surface area contributed by atoms with E-state index >= 15 is 0 Å². The molecule has 2 rings (SSSR count). The van der Waals surface area contributed by atoms with Crippen molar-refractivity contribution in [1.29, 1.82) is 0 Å². The first-order valence-corrected chi connectivity index (χ1v) is 8.98. The Morgan fingerprint density at radius 3 is 2.76 bits per heavy atom. The molecule has 1 amide bonds. The fourth-order valence-corrected chi connectivity index (χ4v) is 3.00. The van der Waals surface area contributed by atoms with E-state index in [0.717, 1.165) is 32.5 Å². The monoisotopic (exact) mass is 348 g/mol. The van der Waals surface area contributed by atoms with Gasteiger partial charge in [-0.15, -0.1) is 0 Å². The SMILES string of the molecule is CCC(=O)c1ccc(OCC(=O)NCCN2CCCC(CO)C2)cc1. The van der Waals surface area contributed by atoms with Gasteiger partial charge in [0.2, 0.25) is 0 Å². The highest BCUT2D eigenvalue weighted by Crippen LogP contribution is 2.15. The summed E-state index contributed by atoms with van der Waals surface area (Å²) in [7, 11) is 0. The summed E-state index contributed by atoms with van der Waals surface area (Å²) in [5.74, 6) is 0.856. The summed E-state index contributed by atoms with van der Waals surface area (Å²) in [6.07, 6.45) is 2.65. The molecule has 138 valence electrons. The molecule has 0 saturated carbocycles. The summed E-state index contributed by atoms with van der Waals surface area (Å²) >= 11 is 0. The predicted molar refractivity (Wildman–Crippen MR) is 95.8 cm³/mol. The van der Waals surface area contributed by atoms with Crippen molar-refractivity contribution in [3.05, 3.63) is 29.8 Å². The van der Waals surface area contributed by atoms with Gasteiger partial charge >= 0.3 is 0 Å². The Bertz CT molecular complexity index is 559. The number of benzene rings is 1. The number of nitrogens with one attached hydrogen (secondary N) is 1. The number of likely N-dealkylation sites (tertiary alicyclic amines) is 1. The van der Waals surface area contributed by atoms with Gasteiger partial charge in [-0.3, -0.25) is 9.59 Å². The molecule has 2 N–H and O–H groups in total. The van der Waals surface area contributed by atoms with Gasteiger partial charge in [-0.2, -0.15) is 0 Å². The van der Waals surface area contributed by atoms with Crippen LogP contribution in [0.4, 0.5) is 0 Å². The Kier molecular flexibility index (Phi) is 7.88. The number of hydrogen-bond acceptors (Lipinski definition) is 5. The van der Waals surface area contributed by atoms with Crippen LogP contribution in [0, 0.1) is 5.92 Å². The van der Waals surface area contributed by atoms with Crippen LogP contribution in [0.5, 0.6) is 5.75 Å². The van der Waals surface area contributed by atoms with Crippen LogP contribution in [-0.4, -0.2) is 61.1 Å². The standard InChI is InChI=1S/C19H28N2O4/c1-2-18(23)16-5-7-17(8-6-16)25-14-19(24)20-9-11-21-10-3-4-15(12-21)13-22/h5-8,15,22H,2-4,9-14H2,1H3,(H,20,24). The van der Waals surface area contributed by atoms with E-state index < -0.39 is 0 Å². The molecule has 1 aliphatic heterocycles. The Hall–Kier alpha value is -1.92. The number of hydrogen-bond donors (Lipinski definition) is 2. The number of Topliss-reactive ketones (excluding diaryl/α,β-unsaturated/α-hetero) is 1. The van der Waals surface area contributed by atoms with Crippen molar-refractivity contribution >= 4 is 11.7 Å². The van der Waals surface area contributed by atoms with Crippen molar-refractivity contribution in [2.45, 2.75) is 26.2 Å². The maximum Gasteiger partial charge on any atom is 0.257 e. The number of aliphatic hydroxyl groups is 1. The second kappa shape index (κ2) is 10.2. The Morgan fingerprint density at radius 2 is 2.08 bits per heavy atom. The molecule has 0 bridgehead atoms. The summed E-state index contributed by atoms with van der Waals surface area (Å²) in [6.45, 7) is 5.29. The van der Waals surface area contributed by atoms with Gasteiger partial charge in [-0.1, -0.05) is 6.92 Å². The largest absolute Gasteiger partial charge is 0.484 e. The van der Waals surface area contributed by atoms with Crippen molar-refractivity contribution in [2.24, 2.45) is 5.92 Å². The van der Waals surface area contributed by atoms with E-state index in [2.05, 4.69) is 10.2 Å². The van der Waals surface area contributed by atoms with Gasteiger partial charge in [0.05, 0.1) is 0 Å². The van der Waals surface area contributed by atoms with Crippen LogP contribution in [-0.2, 0) is 4.79 Å². The van der Waals surface area contributed by atoms with E-state index in [4.69, 9.17) is 4.74 Å². The molecule has 0 aliphatic carbocycles. The Labute approximate surface area is 149 Å². The third-order valence-electron chi connectivity index (χ3n) is 4.48. The molecule has 1 aromatic carbocycles. The van der Waals surface area contributed by atoms with Gasteiger partial charge in [-0.25, -0.2) is 0 Å². The van der Waals surface area contributed by atoms with Crippen molar-refractivity contribution < 1.29 is 19.4 Å². The van der Waals surface area contributed by atoms with Gasteiger partial charge in [0.15, 0.2) is 12.4 Å². The minimum atomic E-state index is -0.163. The van der Waals surface area contributed by atoms with Gasteiger partial charge in [0, 0.05) is 38.2 Å². The van der Waals surface area contributed by atoms with Crippen LogP contribution in [0.15, 0.2) is 24.3 Å². The number of carbonyl (C=O) groups is 2. The van der Waals surface area contributed by atoms with E-state index in [9.17, 15) is 14.7 Å². The third kappa shape index (κ3) is 6.48. The molecule has 1 atom stereocenters. The van der Waals surface area contributed by atoms with Crippen LogP contribution in [0.1, 0.15) is 36.5 Å². The zero-order valence-corrected chi connectivity index (χ0v) is 14.9. The molecule has 6 heteroatoms. The van der Waals surface area contributed by atoms with Crippen LogP contribution < -0.4 is 10.1 Å². The van der Waals surface area contributed by atoms with E-state index in [1.54, 1.807) is 24.3 Å². The lowest BCUT2D eigenvalue weighted by Gasteiger charge is -2.31. The van der Waals surface area contributed by atoms with Crippen LogP contribution >= 0.6 is 0 Å². The molecule has 1 fully saturated rings. The molecular weight excluding hydrogens is 320 g/mol. The Balaban J connectivity index is 1.64. The van der Waals surface area contributed by atoms with Gasteiger partial charge < -0.3 is 20.1 Å². The maximum absolute atomic E-state index is 11.9. The Morgan fingerprint density at radius 1 is 1.32 bits per heavy atom. The number of rotatable bonds is 9. The van der Waals surface area contributed by atoms with Gasteiger partial charge in [-0.05, 0) is 49.6 Å². The minimum Gasteiger partial charge on any atom is -0.484 e. The van der Waals surface area contributed by atoms with Gasteiger partial charge in [0.1, 0.15) is 5.75 Å². The molecule has 0 aromatic heterocycles. The van der Waals surface area contributed by atoms with Crippen LogP contribution in [0.3, 0.4) is 0 Å². The number of ketones is 1. The lowest BCUT2D eigenvalue weighted by molar-refractivity contribution is -0.123. The highest BCUT2D eigenvalue weighted by atomic mass is 16.5. The van der Waals surface area contributed by atoms with E-state index in [-0.39, 0.29) is 24.9 Å². The maximum atomic E-state index is 11.9. The topological polar surface area (TPSA) is 78.9 Å². The smallest absolute Gasteiger partial charge is 0.257 e. The molecular formula is C19H28N2O4. The lowest BCUT2D eigenvalue weighted by atomic mass is 9.99. The van der Waals surface area contributed by atoms with E-state index in [1.807, 2.05) is 6.92 Å². The highest BCUT2D eigenvalue weighted by molar-refractivity contribution is 5.95. The lowest BCUT2D eigenvalue weighted by Crippen LogP contribution is -2.42. The number of ether oxygens (including phenoxy) is 1. The fraction of sp³-hybridized carbons (Fsp3) is 0.579. The molecule has 25 heavy (non-hydrogen) atoms. The number of piperidine rings is 1. The first kappa shape index (κ1) is 19.4. The zero-order chi connectivity index (χ0) is 18.1. The average molecular weight is 348 g/mol. The number of amides is 1. The molecule has 1 saturated heterocycles. The molecule has 6 nitrogen and oxygen atoms in total. The summed E-state index contributed by atoms with van der Waals surface area (Å²) in [5, 5.41) is 12.1. The van der Waals surface area contributed by atoms with Crippen molar-refractivity contribution in [3.63, 3.8) is 0 Å². The van der Waals surface area contributed by atoms with Crippen LogP contribution in [0.2, 0.25) is 0 Å². The first-order chi connectivity index (χ1) is 12.1.